The van der Waals surface area contributed by atoms with Gasteiger partial charge in [0, 0.05) is 6.42 Å². The van der Waals surface area contributed by atoms with Gasteiger partial charge in [0.25, 0.3) is 0 Å². The number of rotatable bonds is 9. The second-order valence-electron chi connectivity index (χ2n) is 6.04. The van der Waals surface area contributed by atoms with Gasteiger partial charge in [0.1, 0.15) is 17.3 Å². The lowest BCUT2D eigenvalue weighted by Crippen LogP contribution is -2.31. The minimum atomic E-state index is -0.791. The van der Waals surface area contributed by atoms with Crippen molar-refractivity contribution in [1.82, 2.24) is 0 Å². The monoisotopic (exact) mass is 286 g/mol. The van der Waals surface area contributed by atoms with Crippen molar-refractivity contribution in [1.29, 1.82) is 0 Å². The lowest BCUT2D eigenvalue weighted by molar-refractivity contribution is -0.162. The van der Waals surface area contributed by atoms with E-state index in [-0.39, 0.29) is 12.2 Å². The molecule has 0 heterocycles. The van der Waals surface area contributed by atoms with Gasteiger partial charge in [0.05, 0.1) is 0 Å². The molecule has 0 aliphatic rings. The van der Waals surface area contributed by atoms with E-state index in [1.165, 1.54) is 6.92 Å². The highest BCUT2D eigenvalue weighted by molar-refractivity contribution is 5.97. The summed E-state index contributed by atoms with van der Waals surface area (Å²) in [5.41, 5.74) is -0.591. The van der Waals surface area contributed by atoms with Gasteiger partial charge in [-0.25, -0.2) is 0 Å². The Labute approximate surface area is 120 Å². The highest BCUT2D eigenvalue weighted by Gasteiger charge is 2.28. The lowest BCUT2D eigenvalue weighted by atomic mass is 9.96. The third-order valence-corrected chi connectivity index (χ3v) is 2.82. The molecule has 20 heavy (non-hydrogen) atoms. The summed E-state index contributed by atoms with van der Waals surface area (Å²) in [4.78, 5) is 33.7. The van der Waals surface area contributed by atoms with Gasteiger partial charge in [-0.05, 0) is 40.5 Å². The number of ketones is 1. The molecular weight excluding hydrogens is 260 g/mol. The predicted octanol–water partition coefficient (Wildman–Crippen LogP) is 2.96. The van der Waals surface area contributed by atoms with Gasteiger partial charge in [0.15, 0.2) is 0 Å². The fourth-order valence-corrected chi connectivity index (χ4v) is 1.84. The number of unbranched alkanes of at least 4 members (excludes halogenated alkanes) is 3. The maximum absolute atomic E-state index is 11.9. The molecule has 0 fully saturated rings. The number of carbonyl (C=O) groups is 3. The molecule has 0 radical (unpaired) electrons. The molecule has 1 unspecified atom stereocenters. The number of esters is 1. The summed E-state index contributed by atoms with van der Waals surface area (Å²) in [6.07, 6.45) is 3.61. The second-order valence-corrected chi connectivity index (χ2v) is 6.04. The number of aliphatic carboxylic acids is 1. The summed E-state index contributed by atoms with van der Waals surface area (Å²) < 4.78 is 5.23. The molecule has 5 heteroatoms. The van der Waals surface area contributed by atoms with Crippen molar-refractivity contribution in [3.63, 3.8) is 0 Å². The Bertz CT molecular complexity index is 341. The zero-order chi connectivity index (χ0) is 15.8. The van der Waals surface area contributed by atoms with Crippen LogP contribution in [0.15, 0.2) is 0 Å². The minimum Gasteiger partial charge on any atom is -0.481 e. The largest absolute Gasteiger partial charge is 0.481 e. The van der Waals surface area contributed by atoms with Crippen LogP contribution >= 0.6 is 0 Å². The van der Waals surface area contributed by atoms with Crippen LogP contribution in [-0.2, 0) is 19.1 Å². The molecule has 0 aromatic heterocycles. The number of carboxylic acid groups (broad SMARTS) is 1. The number of hydrogen-bond acceptors (Lipinski definition) is 4. The molecular formula is C15H26O5. The van der Waals surface area contributed by atoms with E-state index in [1.807, 2.05) is 0 Å². The molecule has 0 aliphatic carbocycles. The summed E-state index contributed by atoms with van der Waals surface area (Å²) >= 11 is 0. The van der Waals surface area contributed by atoms with Crippen molar-refractivity contribution in [3.05, 3.63) is 0 Å². The Morgan fingerprint density at radius 2 is 1.60 bits per heavy atom. The molecule has 1 N–H and O–H groups in total. The average Bonchev–Trinajstić information content (AvgIpc) is 2.24. The Morgan fingerprint density at radius 3 is 2.05 bits per heavy atom. The van der Waals surface area contributed by atoms with Crippen molar-refractivity contribution < 1.29 is 24.2 Å². The zero-order valence-electron chi connectivity index (χ0n) is 12.9. The second kappa shape index (κ2) is 8.72. The van der Waals surface area contributed by atoms with Gasteiger partial charge in [0.2, 0.25) is 0 Å². The van der Waals surface area contributed by atoms with Crippen molar-refractivity contribution in [2.75, 3.05) is 0 Å². The normalized spacial score (nSPS) is 12.8. The van der Waals surface area contributed by atoms with Gasteiger partial charge < -0.3 is 9.84 Å². The van der Waals surface area contributed by atoms with Crippen molar-refractivity contribution in [2.45, 2.75) is 71.8 Å². The first-order valence-electron chi connectivity index (χ1n) is 7.08. The van der Waals surface area contributed by atoms with Gasteiger partial charge in [-0.1, -0.05) is 19.3 Å². The summed E-state index contributed by atoms with van der Waals surface area (Å²) in [5.74, 6) is -2.13. The Kier molecular flexibility index (Phi) is 8.11. The number of ether oxygens (including phenoxy) is 1. The highest BCUT2D eigenvalue weighted by atomic mass is 16.6. The first kappa shape index (κ1) is 18.6. The van der Waals surface area contributed by atoms with Crippen molar-refractivity contribution in [2.24, 2.45) is 5.92 Å². The first-order valence-corrected chi connectivity index (χ1v) is 7.08. The van der Waals surface area contributed by atoms with Crippen molar-refractivity contribution in [3.8, 4) is 0 Å². The van der Waals surface area contributed by atoms with Gasteiger partial charge in [-0.15, -0.1) is 0 Å². The summed E-state index contributed by atoms with van der Waals surface area (Å²) in [6, 6.07) is 0. The topological polar surface area (TPSA) is 80.7 Å². The molecule has 0 aromatic carbocycles. The lowest BCUT2D eigenvalue weighted by Gasteiger charge is -2.22. The number of carbonyl (C=O) groups excluding carboxylic acids is 2. The maximum Gasteiger partial charge on any atom is 0.316 e. The van der Waals surface area contributed by atoms with E-state index >= 15 is 0 Å². The Morgan fingerprint density at radius 1 is 1.05 bits per heavy atom. The molecule has 0 aliphatic heterocycles. The van der Waals surface area contributed by atoms with Crippen LogP contribution in [0.3, 0.4) is 0 Å². The molecule has 0 spiro atoms. The molecule has 0 rings (SSSR count). The number of hydrogen-bond donors (Lipinski definition) is 1. The number of Topliss-reactive ketones (excluding diaryl/α,β-unsaturated/α-hetero) is 1. The maximum atomic E-state index is 11.9. The van der Waals surface area contributed by atoms with E-state index < -0.39 is 23.5 Å². The molecule has 1 atom stereocenters. The standard InChI is InChI=1S/C15H26O5/c1-11(16)12(14(19)20-15(2,3)4)9-7-5-6-8-10-13(17)18/h12H,5-10H2,1-4H3,(H,17,18). The molecule has 5 nitrogen and oxygen atoms in total. The van der Waals surface area contributed by atoms with Gasteiger partial charge in [-0.3, -0.25) is 14.4 Å². The fourth-order valence-electron chi connectivity index (χ4n) is 1.84. The third kappa shape index (κ3) is 9.53. The highest BCUT2D eigenvalue weighted by Crippen LogP contribution is 2.18. The van der Waals surface area contributed by atoms with Crippen LogP contribution in [0.5, 0.6) is 0 Å². The molecule has 0 saturated heterocycles. The van der Waals surface area contributed by atoms with E-state index in [1.54, 1.807) is 20.8 Å². The van der Waals surface area contributed by atoms with E-state index in [2.05, 4.69) is 0 Å². The fraction of sp³-hybridized carbons (Fsp3) is 0.800. The molecule has 0 aromatic rings. The SMILES string of the molecule is CC(=O)C(CCCCCCC(=O)O)C(=O)OC(C)(C)C. The first-order chi connectivity index (χ1) is 9.13. The quantitative estimate of drug-likeness (QED) is 0.400. The molecule has 116 valence electrons. The molecule has 0 saturated carbocycles. The average molecular weight is 286 g/mol. The van der Waals surface area contributed by atoms with Crippen LogP contribution in [-0.4, -0.2) is 28.4 Å². The van der Waals surface area contributed by atoms with Crippen LogP contribution < -0.4 is 0 Å². The zero-order valence-corrected chi connectivity index (χ0v) is 12.9. The molecule has 0 amide bonds. The van der Waals surface area contributed by atoms with Crippen LogP contribution in [0, 0.1) is 5.92 Å². The predicted molar refractivity (Wildman–Crippen MR) is 75.4 cm³/mol. The van der Waals surface area contributed by atoms with Crippen LogP contribution in [0.25, 0.3) is 0 Å². The van der Waals surface area contributed by atoms with Gasteiger partial charge in [-0.2, -0.15) is 0 Å². The Balaban J connectivity index is 4.07. The summed E-state index contributed by atoms with van der Waals surface area (Å²) in [6.45, 7) is 6.72. The third-order valence-electron chi connectivity index (χ3n) is 2.82. The number of carboxylic acids is 1. The van der Waals surface area contributed by atoms with E-state index in [0.717, 1.165) is 19.3 Å². The van der Waals surface area contributed by atoms with Gasteiger partial charge >= 0.3 is 11.9 Å². The van der Waals surface area contributed by atoms with E-state index in [4.69, 9.17) is 9.84 Å². The van der Waals surface area contributed by atoms with Crippen LogP contribution in [0.4, 0.5) is 0 Å². The van der Waals surface area contributed by atoms with Crippen molar-refractivity contribution >= 4 is 17.7 Å². The minimum absolute atomic E-state index is 0.169. The summed E-state index contributed by atoms with van der Waals surface area (Å²) in [5, 5.41) is 8.51. The van der Waals surface area contributed by atoms with E-state index in [9.17, 15) is 14.4 Å². The van der Waals surface area contributed by atoms with Crippen LogP contribution in [0.1, 0.15) is 66.2 Å². The molecule has 0 bridgehead atoms. The Hall–Kier alpha value is -1.39. The smallest absolute Gasteiger partial charge is 0.316 e. The summed E-state index contributed by atoms with van der Waals surface area (Å²) in [7, 11) is 0. The van der Waals surface area contributed by atoms with E-state index in [0.29, 0.717) is 12.8 Å². The van der Waals surface area contributed by atoms with Crippen LogP contribution in [0.2, 0.25) is 0 Å².